The molecule has 3 rings (SSSR count). The summed E-state index contributed by atoms with van der Waals surface area (Å²) in [6, 6.07) is 4.44. The largest absolute Gasteiger partial charge is 0.335 e. The second kappa shape index (κ2) is 6.56. The van der Waals surface area contributed by atoms with E-state index in [2.05, 4.69) is 9.88 Å². The van der Waals surface area contributed by atoms with Gasteiger partial charge in [-0.05, 0) is 37.3 Å². The molecule has 2 saturated carbocycles. The highest BCUT2D eigenvalue weighted by atomic mass is 16.2. The van der Waals surface area contributed by atoms with Crippen molar-refractivity contribution in [2.24, 2.45) is 11.7 Å². The summed E-state index contributed by atoms with van der Waals surface area (Å²) in [4.78, 5) is 19.2. The molecule has 21 heavy (non-hydrogen) atoms. The molecule has 2 aliphatic rings. The number of amides is 1. The predicted octanol–water partition coefficient (Wildman–Crippen LogP) is 2.48. The Hall–Kier alpha value is -1.42. The van der Waals surface area contributed by atoms with Crippen molar-refractivity contribution in [2.75, 3.05) is 0 Å². The first-order valence-electron chi connectivity index (χ1n) is 8.20. The van der Waals surface area contributed by atoms with Gasteiger partial charge in [-0.1, -0.05) is 25.3 Å². The van der Waals surface area contributed by atoms with Crippen molar-refractivity contribution in [3.05, 3.63) is 30.1 Å². The lowest BCUT2D eigenvalue weighted by atomic mass is 9.93. The van der Waals surface area contributed by atoms with Crippen LogP contribution in [0, 0.1) is 5.92 Å². The van der Waals surface area contributed by atoms with Gasteiger partial charge >= 0.3 is 0 Å². The average Bonchev–Trinajstić information content (AvgIpc) is 3.33. The van der Waals surface area contributed by atoms with Crippen LogP contribution in [-0.2, 0) is 11.3 Å². The summed E-state index contributed by atoms with van der Waals surface area (Å²) >= 11 is 0. The monoisotopic (exact) mass is 287 g/mol. The standard InChI is InChI=1S/C17H25N3O/c18-16-7-3-1-2-6-15(16)17(21)20(14-8-9-14)12-13-5-4-10-19-11-13/h4-5,10-11,14-16H,1-3,6-9,12,18H2. The van der Waals surface area contributed by atoms with Gasteiger partial charge in [0, 0.05) is 31.0 Å². The lowest BCUT2D eigenvalue weighted by Crippen LogP contribution is -2.44. The highest BCUT2D eigenvalue weighted by Crippen LogP contribution is 2.32. The molecule has 114 valence electrons. The number of nitrogens with two attached hydrogens (primary N) is 1. The van der Waals surface area contributed by atoms with E-state index in [-0.39, 0.29) is 17.9 Å². The number of carbonyl (C=O) groups excluding carboxylic acids is 1. The van der Waals surface area contributed by atoms with Gasteiger partial charge in [-0.15, -0.1) is 0 Å². The third-order valence-corrected chi connectivity index (χ3v) is 4.73. The van der Waals surface area contributed by atoms with Crippen LogP contribution >= 0.6 is 0 Å². The van der Waals surface area contributed by atoms with E-state index in [1.165, 1.54) is 6.42 Å². The van der Waals surface area contributed by atoms with Gasteiger partial charge < -0.3 is 10.6 Å². The molecule has 1 heterocycles. The molecule has 1 aromatic rings. The average molecular weight is 287 g/mol. The second-order valence-electron chi connectivity index (χ2n) is 6.47. The van der Waals surface area contributed by atoms with E-state index >= 15 is 0 Å². The molecule has 2 atom stereocenters. The molecule has 2 N–H and O–H groups in total. The minimum Gasteiger partial charge on any atom is -0.335 e. The molecule has 2 fully saturated rings. The topological polar surface area (TPSA) is 59.2 Å². The smallest absolute Gasteiger partial charge is 0.227 e. The fourth-order valence-corrected chi connectivity index (χ4v) is 3.32. The molecule has 0 aliphatic heterocycles. The lowest BCUT2D eigenvalue weighted by molar-refractivity contribution is -0.137. The van der Waals surface area contributed by atoms with E-state index in [1.54, 1.807) is 6.20 Å². The van der Waals surface area contributed by atoms with Gasteiger partial charge in [0.1, 0.15) is 0 Å². The van der Waals surface area contributed by atoms with Crippen molar-refractivity contribution in [2.45, 2.75) is 63.6 Å². The normalized spacial score (nSPS) is 26.1. The van der Waals surface area contributed by atoms with Gasteiger partial charge in [-0.25, -0.2) is 0 Å². The van der Waals surface area contributed by atoms with E-state index in [0.29, 0.717) is 12.6 Å². The minimum absolute atomic E-state index is 0.0183. The Morgan fingerprint density at radius 1 is 1.24 bits per heavy atom. The number of hydrogen-bond donors (Lipinski definition) is 1. The van der Waals surface area contributed by atoms with Crippen molar-refractivity contribution < 1.29 is 4.79 Å². The number of pyridine rings is 1. The van der Waals surface area contributed by atoms with E-state index in [0.717, 1.165) is 44.1 Å². The van der Waals surface area contributed by atoms with Crippen LogP contribution in [0.2, 0.25) is 0 Å². The van der Waals surface area contributed by atoms with Gasteiger partial charge in [-0.2, -0.15) is 0 Å². The molecular weight excluding hydrogens is 262 g/mol. The molecule has 0 radical (unpaired) electrons. The first kappa shape index (κ1) is 14.5. The third-order valence-electron chi connectivity index (χ3n) is 4.73. The van der Waals surface area contributed by atoms with E-state index in [1.807, 2.05) is 18.3 Å². The highest BCUT2D eigenvalue weighted by Gasteiger charge is 2.38. The zero-order chi connectivity index (χ0) is 14.7. The zero-order valence-corrected chi connectivity index (χ0v) is 12.6. The Labute approximate surface area is 126 Å². The maximum atomic E-state index is 13.0. The Bertz CT molecular complexity index is 472. The van der Waals surface area contributed by atoms with Crippen LogP contribution < -0.4 is 5.73 Å². The van der Waals surface area contributed by atoms with Crippen LogP contribution in [0.15, 0.2) is 24.5 Å². The van der Waals surface area contributed by atoms with Crippen LogP contribution in [0.5, 0.6) is 0 Å². The van der Waals surface area contributed by atoms with Crippen LogP contribution in [0.3, 0.4) is 0 Å². The molecular formula is C17H25N3O. The van der Waals surface area contributed by atoms with Crippen molar-refractivity contribution in [1.29, 1.82) is 0 Å². The maximum absolute atomic E-state index is 13.0. The summed E-state index contributed by atoms with van der Waals surface area (Å²) in [5, 5.41) is 0. The maximum Gasteiger partial charge on any atom is 0.227 e. The molecule has 0 saturated heterocycles. The second-order valence-corrected chi connectivity index (χ2v) is 6.47. The Morgan fingerprint density at radius 2 is 2.05 bits per heavy atom. The van der Waals surface area contributed by atoms with Crippen LogP contribution in [0.25, 0.3) is 0 Å². The molecule has 0 bridgehead atoms. The Balaban J connectivity index is 1.72. The molecule has 2 unspecified atom stereocenters. The summed E-state index contributed by atoms with van der Waals surface area (Å²) in [7, 11) is 0. The summed E-state index contributed by atoms with van der Waals surface area (Å²) in [6.07, 6.45) is 11.3. The SMILES string of the molecule is NC1CCCCCC1C(=O)N(Cc1cccnc1)C1CC1. The van der Waals surface area contributed by atoms with Gasteiger partial charge in [0.15, 0.2) is 0 Å². The van der Waals surface area contributed by atoms with Crippen molar-refractivity contribution >= 4 is 5.91 Å². The first-order chi connectivity index (χ1) is 10.3. The molecule has 4 nitrogen and oxygen atoms in total. The molecule has 4 heteroatoms. The fourth-order valence-electron chi connectivity index (χ4n) is 3.32. The van der Waals surface area contributed by atoms with Gasteiger partial charge in [0.25, 0.3) is 0 Å². The third kappa shape index (κ3) is 3.62. The summed E-state index contributed by atoms with van der Waals surface area (Å²) < 4.78 is 0. The van der Waals surface area contributed by atoms with Gasteiger partial charge in [0.2, 0.25) is 5.91 Å². The number of rotatable bonds is 4. The lowest BCUT2D eigenvalue weighted by Gasteiger charge is -2.29. The number of carbonyl (C=O) groups is 1. The zero-order valence-electron chi connectivity index (χ0n) is 12.6. The van der Waals surface area contributed by atoms with Crippen LogP contribution in [0.4, 0.5) is 0 Å². The molecule has 0 spiro atoms. The Kier molecular flexibility index (Phi) is 4.54. The molecule has 1 aromatic heterocycles. The Morgan fingerprint density at radius 3 is 2.76 bits per heavy atom. The summed E-state index contributed by atoms with van der Waals surface area (Å²) in [5.41, 5.74) is 7.38. The quantitative estimate of drug-likeness (QED) is 0.866. The van der Waals surface area contributed by atoms with Crippen LogP contribution in [-0.4, -0.2) is 27.9 Å². The summed E-state index contributed by atoms with van der Waals surface area (Å²) in [5.74, 6) is 0.292. The number of aromatic nitrogens is 1. The fraction of sp³-hybridized carbons (Fsp3) is 0.647. The minimum atomic E-state index is 0.0183. The first-order valence-corrected chi connectivity index (χ1v) is 8.20. The van der Waals surface area contributed by atoms with Gasteiger partial charge in [0.05, 0.1) is 5.92 Å². The van der Waals surface area contributed by atoms with Crippen LogP contribution in [0.1, 0.15) is 50.5 Å². The molecule has 1 amide bonds. The van der Waals surface area contributed by atoms with Crippen molar-refractivity contribution in [1.82, 2.24) is 9.88 Å². The molecule has 0 aromatic carbocycles. The highest BCUT2D eigenvalue weighted by molar-refractivity contribution is 5.80. The summed E-state index contributed by atoms with van der Waals surface area (Å²) in [6.45, 7) is 0.681. The van der Waals surface area contributed by atoms with E-state index in [4.69, 9.17) is 5.73 Å². The van der Waals surface area contributed by atoms with E-state index < -0.39 is 0 Å². The van der Waals surface area contributed by atoms with Crippen molar-refractivity contribution in [3.63, 3.8) is 0 Å². The van der Waals surface area contributed by atoms with Crippen molar-refractivity contribution in [3.8, 4) is 0 Å². The number of hydrogen-bond acceptors (Lipinski definition) is 3. The van der Waals surface area contributed by atoms with Gasteiger partial charge in [-0.3, -0.25) is 9.78 Å². The van der Waals surface area contributed by atoms with E-state index in [9.17, 15) is 4.79 Å². The predicted molar refractivity (Wildman–Crippen MR) is 82.4 cm³/mol. The molecule has 2 aliphatic carbocycles. The number of nitrogens with zero attached hydrogens (tertiary/aromatic N) is 2.